The Kier molecular flexibility index (Phi) is 7.04. The standard InChI is InChI=1S/C52H36N2Si/c1-55(2)47-27-9-8-24-46(47)50-51(55)49(38-20-11-16-34(31-38)33-14-4-3-5-15-33)53-52(54-50)39-21-12-18-36(32-39)35-17-10-19-37(30-35)40-28-29-45-42-23-7-6-22-41(42)44-26-13-25-43(40)48(44)45/h3-32H,1-2H3. The molecule has 0 spiro atoms. The lowest BCUT2D eigenvalue weighted by Gasteiger charge is -2.22. The number of rotatable bonds is 5. The summed E-state index contributed by atoms with van der Waals surface area (Å²) in [6.07, 6.45) is 0. The molecule has 0 unspecified atom stereocenters. The minimum absolute atomic E-state index is 0.755. The molecule has 2 nitrogen and oxygen atoms in total. The quantitative estimate of drug-likeness (QED) is 0.166. The van der Waals surface area contributed by atoms with Crippen molar-refractivity contribution < 1.29 is 0 Å². The van der Waals surface area contributed by atoms with Crippen LogP contribution in [0.15, 0.2) is 182 Å². The molecule has 0 bridgehead atoms. The van der Waals surface area contributed by atoms with Gasteiger partial charge in [0.1, 0.15) is 8.07 Å². The fraction of sp³-hybridized carbons (Fsp3) is 0.0385. The molecule has 0 amide bonds. The van der Waals surface area contributed by atoms with E-state index in [0.717, 1.165) is 33.9 Å². The van der Waals surface area contributed by atoms with Gasteiger partial charge in [-0.25, -0.2) is 9.97 Å². The topological polar surface area (TPSA) is 25.8 Å². The molecule has 0 saturated carbocycles. The van der Waals surface area contributed by atoms with E-state index in [9.17, 15) is 0 Å². The number of benzene rings is 8. The Bertz CT molecular complexity index is 2990. The molecule has 258 valence electrons. The van der Waals surface area contributed by atoms with Crippen LogP contribution in [0, 0.1) is 0 Å². The van der Waals surface area contributed by atoms with Crippen LogP contribution in [-0.4, -0.2) is 18.0 Å². The summed E-state index contributed by atoms with van der Waals surface area (Å²) in [6.45, 7) is 4.89. The monoisotopic (exact) mass is 716 g/mol. The molecule has 1 aliphatic carbocycles. The summed E-state index contributed by atoms with van der Waals surface area (Å²) in [5.74, 6) is 0.755. The van der Waals surface area contributed by atoms with Gasteiger partial charge in [0, 0.05) is 11.1 Å². The Labute approximate surface area is 322 Å². The van der Waals surface area contributed by atoms with E-state index in [4.69, 9.17) is 9.97 Å². The highest BCUT2D eigenvalue weighted by Crippen LogP contribution is 2.49. The van der Waals surface area contributed by atoms with E-state index in [2.05, 4.69) is 195 Å². The van der Waals surface area contributed by atoms with Gasteiger partial charge < -0.3 is 0 Å². The first kappa shape index (κ1) is 31.8. The summed E-state index contributed by atoms with van der Waals surface area (Å²) < 4.78 is 0. The first-order valence-corrected chi connectivity index (χ1v) is 22.1. The van der Waals surface area contributed by atoms with Crippen LogP contribution >= 0.6 is 0 Å². The predicted octanol–water partition coefficient (Wildman–Crippen LogP) is 12.4. The van der Waals surface area contributed by atoms with Crippen LogP contribution in [0.4, 0.5) is 0 Å². The molecular weight excluding hydrogens is 681 g/mol. The average Bonchev–Trinajstić information content (AvgIpc) is 3.70. The summed E-state index contributed by atoms with van der Waals surface area (Å²) >= 11 is 0. The molecule has 0 N–H and O–H groups in total. The molecule has 11 rings (SSSR count). The molecule has 0 saturated heterocycles. The summed E-state index contributed by atoms with van der Waals surface area (Å²) in [5.41, 5.74) is 18.0. The van der Waals surface area contributed by atoms with E-state index in [1.54, 1.807) is 0 Å². The molecule has 55 heavy (non-hydrogen) atoms. The van der Waals surface area contributed by atoms with Gasteiger partial charge in [-0.1, -0.05) is 177 Å². The van der Waals surface area contributed by atoms with Crippen molar-refractivity contribution in [1.82, 2.24) is 9.97 Å². The van der Waals surface area contributed by atoms with Gasteiger partial charge in [-0.3, -0.25) is 0 Å². The van der Waals surface area contributed by atoms with Gasteiger partial charge in [0.05, 0.1) is 11.4 Å². The third-order valence-corrected chi connectivity index (χ3v) is 15.3. The first-order chi connectivity index (χ1) is 27.0. The van der Waals surface area contributed by atoms with Crippen LogP contribution in [0.3, 0.4) is 0 Å². The van der Waals surface area contributed by atoms with Gasteiger partial charge >= 0.3 is 0 Å². The van der Waals surface area contributed by atoms with Crippen molar-refractivity contribution in [3.63, 3.8) is 0 Å². The normalized spacial score (nSPS) is 13.1. The van der Waals surface area contributed by atoms with Gasteiger partial charge in [0.2, 0.25) is 0 Å². The van der Waals surface area contributed by atoms with Gasteiger partial charge in [-0.05, 0) is 101 Å². The summed E-state index contributed by atoms with van der Waals surface area (Å²) in [5, 5.41) is 5.38. The van der Waals surface area contributed by atoms with Crippen LogP contribution in [0.2, 0.25) is 13.1 Å². The maximum Gasteiger partial charge on any atom is 0.160 e. The average molecular weight is 717 g/mol. The molecule has 0 atom stereocenters. The Hall–Kier alpha value is -6.68. The van der Waals surface area contributed by atoms with Crippen LogP contribution < -0.4 is 10.4 Å². The van der Waals surface area contributed by atoms with E-state index in [0.29, 0.717) is 0 Å². The van der Waals surface area contributed by atoms with Crippen molar-refractivity contribution in [3.8, 4) is 89.5 Å². The fourth-order valence-corrected chi connectivity index (χ4v) is 12.4. The van der Waals surface area contributed by atoms with Crippen LogP contribution in [0.1, 0.15) is 0 Å². The molecule has 3 heteroatoms. The zero-order valence-corrected chi connectivity index (χ0v) is 31.7. The predicted molar refractivity (Wildman–Crippen MR) is 233 cm³/mol. The van der Waals surface area contributed by atoms with Gasteiger partial charge in [-0.15, -0.1) is 0 Å². The minimum Gasteiger partial charge on any atom is -0.228 e. The van der Waals surface area contributed by atoms with E-state index in [1.807, 2.05) is 0 Å². The molecule has 1 aliphatic heterocycles. The maximum atomic E-state index is 5.50. The lowest BCUT2D eigenvalue weighted by Crippen LogP contribution is -2.50. The zero-order chi connectivity index (χ0) is 36.7. The lowest BCUT2D eigenvalue weighted by molar-refractivity contribution is 1.20. The molecule has 0 fully saturated rings. The second-order valence-corrected chi connectivity index (χ2v) is 19.6. The number of nitrogens with zero attached hydrogens (tertiary/aromatic N) is 2. The van der Waals surface area contributed by atoms with Crippen LogP contribution in [-0.2, 0) is 0 Å². The molecule has 0 radical (unpaired) electrons. The van der Waals surface area contributed by atoms with Gasteiger partial charge in [0.15, 0.2) is 5.82 Å². The van der Waals surface area contributed by atoms with Crippen molar-refractivity contribution >= 4 is 29.2 Å². The molecule has 1 aromatic heterocycles. The largest absolute Gasteiger partial charge is 0.228 e. The Balaban J connectivity index is 1.04. The van der Waals surface area contributed by atoms with E-state index >= 15 is 0 Å². The molecule has 2 heterocycles. The van der Waals surface area contributed by atoms with Crippen molar-refractivity contribution in [1.29, 1.82) is 0 Å². The molecular formula is C52H36N2Si. The van der Waals surface area contributed by atoms with Gasteiger partial charge in [-0.2, -0.15) is 0 Å². The smallest absolute Gasteiger partial charge is 0.160 e. The first-order valence-electron chi connectivity index (χ1n) is 19.1. The van der Waals surface area contributed by atoms with Crippen molar-refractivity contribution in [2.24, 2.45) is 0 Å². The zero-order valence-electron chi connectivity index (χ0n) is 30.7. The van der Waals surface area contributed by atoms with Crippen LogP contribution in [0.5, 0.6) is 0 Å². The van der Waals surface area contributed by atoms with E-state index in [-0.39, 0.29) is 0 Å². The number of hydrogen-bond acceptors (Lipinski definition) is 2. The highest BCUT2D eigenvalue weighted by atomic mass is 28.3. The Morgan fingerprint density at radius 3 is 1.60 bits per heavy atom. The minimum atomic E-state index is -2.10. The number of aromatic nitrogens is 2. The second-order valence-electron chi connectivity index (χ2n) is 15.3. The van der Waals surface area contributed by atoms with E-state index in [1.165, 1.54) is 76.8 Å². The van der Waals surface area contributed by atoms with Crippen molar-refractivity contribution in [3.05, 3.63) is 182 Å². The molecule has 9 aromatic rings. The number of fused-ring (bicyclic) bond motifs is 6. The molecule has 8 aromatic carbocycles. The third kappa shape index (κ3) is 4.94. The summed E-state index contributed by atoms with van der Waals surface area (Å²) in [4.78, 5) is 10.9. The summed E-state index contributed by atoms with van der Waals surface area (Å²) in [7, 11) is -2.10. The van der Waals surface area contributed by atoms with Crippen LogP contribution in [0.25, 0.3) is 100 Å². The van der Waals surface area contributed by atoms with Crippen molar-refractivity contribution in [2.45, 2.75) is 13.1 Å². The number of hydrogen-bond donors (Lipinski definition) is 0. The van der Waals surface area contributed by atoms with Gasteiger partial charge in [0.25, 0.3) is 0 Å². The maximum absolute atomic E-state index is 5.50. The Morgan fingerprint density at radius 2 is 0.836 bits per heavy atom. The fourth-order valence-electron chi connectivity index (χ4n) is 9.20. The SMILES string of the molecule is C[Si]1(C)c2ccccc2-c2nc(-c3cccc(-c4cccc(-c5ccc6c7c(cccc57)-c5ccccc5-6)c4)c3)nc(-c3cccc(-c4ccccc4)c3)c21. The molecule has 2 aliphatic rings. The third-order valence-electron chi connectivity index (χ3n) is 11.8. The Morgan fingerprint density at radius 1 is 0.345 bits per heavy atom. The van der Waals surface area contributed by atoms with E-state index < -0.39 is 8.07 Å². The van der Waals surface area contributed by atoms with Crippen molar-refractivity contribution in [2.75, 3.05) is 0 Å². The highest BCUT2D eigenvalue weighted by Gasteiger charge is 2.41. The summed E-state index contributed by atoms with van der Waals surface area (Å²) in [6, 6.07) is 66.2. The second kappa shape index (κ2) is 12.2. The lowest BCUT2D eigenvalue weighted by atomic mass is 9.92. The highest BCUT2D eigenvalue weighted by molar-refractivity contribution is 7.04.